The van der Waals surface area contributed by atoms with Crippen LogP contribution in [0.3, 0.4) is 0 Å². The Labute approximate surface area is 117 Å². The highest BCUT2D eigenvalue weighted by Crippen LogP contribution is 2.36. The first-order chi connectivity index (χ1) is 8.40. The first kappa shape index (κ1) is 13.3. The second-order valence-electron chi connectivity index (χ2n) is 4.16. The highest BCUT2D eigenvalue weighted by Gasteiger charge is 2.31. The number of nitro groups is 1. The fraction of sp³-hybridized carbons (Fsp3) is 0.364. The molecule has 1 saturated heterocycles. The minimum atomic E-state index is -0.461. The smallest absolute Gasteiger partial charge is 0.270 e. The first-order valence-corrected chi connectivity index (χ1v) is 6.52. The maximum absolute atomic E-state index is 11.8. The molecule has 1 unspecified atom stereocenters. The van der Waals surface area contributed by atoms with Gasteiger partial charge in [-0.1, -0.05) is 0 Å². The van der Waals surface area contributed by atoms with E-state index in [1.165, 1.54) is 12.1 Å². The number of carbonyl (C=O) groups is 1. The van der Waals surface area contributed by atoms with Crippen molar-refractivity contribution in [1.82, 2.24) is 0 Å². The van der Waals surface area contributed by atoms with E-state index in [0.717, 1.165) is 0 Å². The van der Waals surface area contributed by atoms with E-state index < -0.39 is 4.92 Å². The molecule has 1 aromatic rings. The fourth-order valence-electron chi connectivity index (χ4n) is 2.05. The molecule has 0 radical (unpaired) electrons. The van der Waals surface area contributed by atoms with E-state index in [2.05, 4.69) is 15.9 Å². The predicted molar refractivity (Wildman–Crippen MR) is 72.1 cm³/mol. The van der Waals surface area contributed by atoms with Crippen LogP contribution in [0.1, 0.15) is 12.0 Å². The summed E-state index contributed by atoms with van der Waals surface area (Å²) in [7, 11) is 0. The molecule has 0 aliphatic carbocycles. The van der Waals surface area contributed by atoms with Crippen molar-refractivity contribution in [2.24, 2.45) is 0 Å². The molecule has 0 bridgehead atoms. The van der Waals surface area contributed by atoms with Crippen molar-refractivity contribution < 1.29 is 9.72 Å². The van der Waals surface area contributed by atoms with Crippen LogP contribution in [0.2, 0.25) is 0 Å². The maximum atomic E-state index is 11.8. The van der Waals surface area contributed by atoms with Gasteiger partial charge in [0.15, 0.2) is 0 Å². The van der Waals surface area contributed by atoms with Crippen LogP contribution in [0.15, 0.2) is 16.6 Å². The highest BCUT2D eigenvalue weighted by atomic mass is 79.9. The van der Waals surface area contributed by atoms with E-state index in [1.54, 1.807) is 11.8 Å². The van der Waals surface area contributed by atoms with Crippen molar-refractivity contribution in [2.45, 2.75) is 18.7 Å². The lowest BCUT2D eigenvalue weighted by Crippen LogP contribution is -2.25. The summed E-state index contributed by atoms with van der Waals surface area (Å²) < 4.78 is 0.535. The first-order valence-electron chi connectivity index (χ1n) is 5.29. The van der Waals surface area contributed by atoms with Crippen LogP contribution in [-0.4, -0.2) is 22.8 Å². The SMILES string of the molecule is Cc1cc([N+](=O)[O-])cc(Br)c1N1CC(Cl)CC1=O. The molecular weight excluding hydrogens is 323 g/mol. The third-order valence-electron chi connectivity index (χ3n) is 2.80. The van der Waals surface area contributed by atoms with Crippen molar-refractivity contribution in [2.75, 3.05) is 11.4 Å². The zero-order valence-electron chi connectivity index (χ0n) is 9.52. The summed E-state index contributed by atoms with van der Waals surface area (Å²) >= 11 is 9.23. The van der Waals surface area contributed by atoms with Gasteiger partial charge in [-0.3, -0.25) is 14.9 Å². The Morgan fingerprint density at radius 3 is 2.67 bits per heavy atom. The van der Waals surface area contributed by atoms with Crippen LogP contribution in [0, 0.1) is 17.0 Å². The van der Waals surface area contributed by atoms with E-state index in [4.69, 9.17) is 11.6 Å². The number of carbonyl (C=O) groups excluding carboxylic acids is 1. The number of anilines is 1. The molecular formula is C11H10BrClN2O3. The number of rotatable bonds is 2. The summed E-state index contributed by atoms with van der Waals surface area (Å²) in [6.45, 7) is 2.17. The molecule has 18 heavy (non-hydrogen) atoms. The maximum Gasteiger partial charge on any atom is 0.270 e. The van der Waals surface area contributed by atoms with Gasteiger partial charge in [-0.2, -0.15) is 0 Å². The van der Waals surface area contributed by atoms with Gasteiger partial charge in [-0.05, 0) is 28.4 Å². The Bertz CT molecular complexity index is 512. The number of aryl methyl sites for hydroxylation is 1. The van der Waals surface area contributed by atoms with Gasteiger partial charge in [0, 0.05) is 29.6 Å². The summed E-state index contributed by atoms with van der Waals surface area (Å²) in [4.78, 5) is 23.6. The molecule has 1 fully saturated rings. The van der Waals surface area contributed by atoms with Gasteiger partial charge in [0.1, 0.15) is 0 Å². The van der Waals surface area contributed by atoms with Gasteiger partial charge in [-0.25, -0.2) is 0 Å². The second kappa shape index (κ2) is 4.85. The molecule has 1 aliphatic heterocycles. The third-order valence-corrected chi connectivity index (χ3v) is 3.69. The van der Waals surface area contributed by atoms with E-state index in [9.17, 15) is 14.9 Å². The molecule has 1 heterocycles. The number of non-ortho nitro benzene ring substituents is 1. The van der Waals surface area contributed by atoms with Crippen LogP contribution < -0.4 is 4.90 Å². The number of benzene rings is 1. The summed E-state index contributed by atoms with van der Waals surface area (Å²) in [5.74, 6) is -0.0624. The van der Waals surface area contributed by atoms with Crippen LogP contribution >= 0.6 is 27.5 Å². The molecule has 1 aromatic carbocycles. The normalized spacial score (nSPS) is 19.4. The number of halogens is 2. The van der Waals surface area contributed by atoms with E-state index in [1.807, 2.05) is 0 Å². The summed E-state index contributed by atoms with van der Waals surface area (Å²) in [5.41, 5.74) is 1.33. The average molecular weight is 334 g/mol. The Morgan fingerprint density at radius 2 is 2.22 bits per heavy atom. The van der Waals surface area contributed by atoms with E-state index in [-0.39, 0.29) is 17.0 Å². The fourth-order valence-corrected chi connectivity index (χ4v) is 3.08. The lowest BCUT2D eigenvalue weighted by molar-refractivity contribution is -0.385. The topological polar surface area (TPSA) is 63.5 Å². The lowest BCUT2D eigenvalue weighted by atomic mass is 10.1. The third kappa shape index (κ3) is 2.35. The summed E-state index contributed by atoms with van der Waals surface area (Å²) in [6, 6.07) is 2.85. The predicted octanol–water partition coefficient (Wildman–Crippen LogP) is 3.01. The van der Waals surface area contributed by atoms with Crippen molar-refractivity contribution in [1.29, 1.82) is 0 Å². The van der Waals surface area contributed by atoms with E-state index in [0.29, 0.717) is 28.7 Å². The Balaban J connectivity index is 2.46. The number of amides is 1. The molecule has 1 atom stereocenters. The minimum Gasteiger partial charge on any atom is -0.309 e. The Kier molecular flexibility index (Phi) is 3.59. The van der Waals surface area contributed by atoms with Crippen LogP contribution in [0.4, 0.5) is 11.4 Å². The second-order valence-corrected chi connectivity index (χ2v) is 5.63. The van der Waals surface area contributed by atoms with Gasteiger partial charge in [0.05, 0.1) is 16.0 Å². The van der Waals surface area contributed by atoms with Crippen molar-refractivity contribution in [3.8, 4) is 0 Å². The Morgan fingerprint density at radius 1 is 1.56 bits per heavy atom. The van der Waals surface area contributed by atoms with E-state index >= 15 is 0 Å². The quantitative estimate of drug-likeness (QED) is 0.475. The molecule has 0 N–H and O–H groups in total. The van der Waals surface area contributed by atoms with Crippen molar-refractivity contribution in [3.05, 3.63) is 32.3 Å². The van der Waals surface area contributed by atoms with Crippen LogP contribution in [-0.2, 0) is 4.79 Å². The zero-order chi connectivity index (χ0) is 13.4. The van der Waals surface area contributed by atoms with Crippen LogP contribution in [0.5, 0.6) is 0 Å². The van der Waals surface area contributed by atoms with Gasteiger partial charge in [0.25, 0.3) is 5.69 Å². The van der Waals surface area contributed by atoms with Gasteiger partial charge >= 0.3 is 0 Å². The van der Waals surface area contributed by atoms with Crippen LogP contribution in [0.25, 0.3) is 0 Å². The molecule has 0 saturated carbocycles. The monoisotopic (exact) mass is 332 g/mol. The number of nitro benzene ring substituents is 1. The van der Waals surface area contributed by atoms with Crippen molar-refractivity contribution >= 4 is 44.8 Å². The number of alkyl halides is 1. The summed E-state index contributed by atoms with van der Waals surface area (Å²) in [6.07, 6.45) is 0.296. The molecule has 0 aromatic heterocycles. The Hall–Kier alpha value is -1.14. The molecule has 1 amide bonds. The minimum absolute atomic E-state index is 0.00260. The molecule has 7 heteroatoms. The lowest BCUT2D eigenvalue weighted by Gasteiger charge is -2.20. The van der Waals surface area contributed by atoms with Gasteiger partial charge < -0.3 is 4.90 Å². The molecule has 0 spiro atoms. The molecule has 96 valence electrons. The number of hydrogen-bond donors (Lipinski definition) is 0. The van der Waals surface area contributed by atoms with Gasteiger partial charge in [-0.15, -0.1) is 11.6 Å². The molecule has 2 rings (SSSR count). The highest BCUT2D eigenvalue weighted by molar-refractivity contribution is 9.10. The largest absolute Gasteiger partial charge is 0.309 e. The van der Waals surface area contributed by atoms with Gasteiger partial charge in [0.2, 0.25) is 5.91 Å². The average Bonchev–Trinajstić information content (AvgIpc) is 2.56. The summed E-state index contributed by atoms with van der Waals surface area (Å²) in [5, 5.41) is 10.5. The standard InChI is InChI=1S/C11H10BrClN2O3/c1-6-2-8(15(17)18)4-9(12)11(6)14-5-7(13)3-10(14)16/h2,4,7H,3,5H2,1H3. The molecule has 1 aliphatic rings. The molecule has 5 nitrogen and oxygen atoms in total. The zero-order valence-corrected chi connectivity index (χ0v) is 11.9. The number of hydrogen-bond acceptors (Lipinski definition) is 3. The number of nitrogens with zero attached hydrogens (tertiary/aromatic N) is 2. The van der Waals surface area contributed by atoms with Crippen molar-refractivity contribution in [3.63, 3.8) is 0 Å².